The average molecular weight is 216 g/mol. The Bertz CT molecular complexity index is 519. The lowest BCUT2D eigenvalue weighted by molar-refractivity contribution is 0.0526. The summed E-state index contributed by atoms with van der Waals surface area (Å²) in [5, 5.41) is 0. The monoisotopic (exact) mass is 216 g/mol. The second-order valence-electron chi connectivity index (χ2n) is 3.29. The molecule has 1 heterocycles. The Morgan fingerprint density at radius 2 is 2.19 bits per heavy atom. The van der Waals surface area contributed by atoms with Gasteiger partial charge in [-0.1, -0.05) is 30.3 Å². The van der Waals surface area contributed by atoms with E-state index in [1.165, 1.54) is 6.20 Å². The molecule has 2 rings (SSSR count). The number of hydrogen-bond acceptors (Lipinski definition) is 2. The summed E-state index contributed by atoms with van der Waals surface area (Å²) >= 11 is 0. The molecule has 0 aliphatic carbocycles. The highest BCUT2D eigenvalue weighted by Crippen LogP contribution is 2.18. The molecule has 1 N–H and O–H groups in total. The number of esters is 1. The van der Waals surface area contributed by atoms with E-state index in [9.17, 15) is 4.79 Å². The summed E-state index contributed by atoms with van der Waals surface area (Å²) in [6.07, 6.45) is 1.52. The molecule has 0 fully saturated rings. The lowest BCUT2D eigenvalue weighted by Gasteiger charge is -1.97. The number of H-pyrrole nitrogens is 1. The van der Waals surface area contributed by atoms with Crippen LogP contribution in [0, 0.1) is 0 Å². The molecule has 0 radical (unpaired) electrons. The molecule has 0 saturated carbocycles. The van der Waals surface area contributed by atoms with Gasteiger partial charge in [-0.3, -0.25) is 0 Å². The Balaban J connectivity index is 2.37. The van der Waals surface area contributed by atoms with E-state index in [4.69, 9.17) is 6.11 Å². The molecule has 3 nitrogen and oxygen atoms in total. The number of ether oxygens (including phenoxy) is 1. The van der Waals surface area contributed by atoms with Crippen LogP contribution in [0.15, 0.2) is 42.6 Å². The number of aromatic nitrogens is 1. The maximum absolute atomic E-state index is 11.5. The SMILES string of the molecule is [2H]c1c(C(=O)OCC)c[nH]c1-c1ccccc1. The van der Waals surface area contributed by atoms with Crippen LogP contribution < -0.4 is 0 Å². The van der Waals surface area contributed by atoms with Crippen LogP contribution in [0.25, 0.3) is 11.3 Å². The summed E-state index contributed by atoms with van der Waals surface area (Å²) < 4.78 is 12.8. The predicted molar refractivity (Wildman–Crippen MR) is 62.2 cm³/mol. The number of carbonyl (C=O) groups excluding carboxylic acids is 1. The molecule has 3 heteroatoms. The van der Waals surface area contributed by atoms with Crippen LogP contribution in [0.2, 0.25) is 0 Å². The van der Waals surface area contributed by atoms with E-state index >= 15 is 0 Å². The fourth-order valence-corrected chi connectivity index (χ4v) is 1.43. The van der Waals surface area contributed by atoms with Crippen molar-refractivity contribution in [3.63, 3.8) is 0 Å². The summed E-state index contributed by atoms with van der Waals surface area (Å²) in [6.45, 7) is 2.05. The number of benzene rings is 1. The third kappa shape index (κ3) is 2.14. The van der Waals surface area contributed by atoms with Gasteiger partial charge in [-0.2, -0.15) is 0 Å². The quantitative estimate of drug-likeness (QED) is 0.801. The van der Waals surface area contributed by atoms with Gasteiger partial charge in [0, 0.05) is 11.9 Å². The van der Waals surface area contributed by atoms with E-state index < -0.39 is 5.97 Å². The molecule has 0 aliphatic heterocycles. The van der Waals surface area contributed by atoms with Crippen molar-refractivity contribution in [2.75, 3.05) is 6.61 Å². The Labute approximate surface area is 95.5 Å². The first-order chi connectivity index (χ1) is 8.24. The number of nitrogens with one attached hydrogen (secondary N) is 1. The summed E-state index contributed by atoms with van der Waals surface area (Å²) in [5.41, 5.74) is 1.78. The van der Waals surface area contributed by atoms with E-state index in [2.05, 4.69) is 4.98 Å². The molecule has 0 bridgehead atoms. The number of rotatable bonds is 3. The van der Waals surface area contributed by atoms with Gasteiger partial charge in [0.2, 0.25) is 0 Å². The van der Waals surface area contributed by atoms with Gasteiger partial charge < -0.3 is 9.72 Å². The van der Waals surface area contributed by atoms with Crippen molar-refractivity contribution in [1.82, 2.24) is 4.98 Å². The van der Waals surface area contributed by atoms with E-state index in [0.717, 1.165) is 5.56 Å². The van der Waals surface area contributed by atoms with Crippen LogP contribution >= 0.6 is 0 Å². The number of hydrogen-bond donors (Lipinski definition) is 1. The van der Waals surface area contributed by atoms with Gasteiger partial charge in [0.05, 0.1) is 13.5 Å². The zero-order valence-electron chi connectivity index (χ0n) is 9.99. The molecule has 0 unspecified atom stereocenters. The third-order valence-corrected chi connectivity index (χ3v) is 2.18. The molecule has 0 aliphatic rings. The Hall–Kier alpha value is -2.03. The van der Waals surface area contributed by atoms with Crippen molar-refractivity contribution in [2.45, 2.75) is 6.92 Å². The topological polar surface area (TPSA) is 42.1 Å². The van der Waals surface area contributed by atoms with Crippen molar-refractivity contribution in [3.8, 4) is 11.3 Å². The van der Waals surface area contributed by atoms with Crippen molar-refractivity contribution in [3.05, 3.63) is 48.1 Å². The van der Waals surface area contributed by atoms with Crippen molar-refractivity contribution in [1.29, 1.82) is 0 Å². The van der Waals surface area contributed by atoms with E-state index in [1.54, 1.807) is 6.92 Å². The highest BCUT2D eigenvalue weighted by molar-refractivity contribution is 5.90. The molecule has 82 valence electrons. The van der Waals surface area contributed by atoms with Crippen LogP contribution in [0.5, 0.6) is 0 Å². The summed E-state index contributed by atoms with van der Waals surface area (Å²) in [7, 11) is 0. The van der Waals surface area contributed by atoms with Crippen LogP contribution in [0.1, 0.15) is 18.7 Å². The summed E-state index contributed by atoms with van der Waals surface area (Å²) in [4.78, 5) is 14.5. The minimum Gasteiger partial charge on any atom is -0.462 e. The zero-order chi connectivity index (χ0) is 12.3. The molecule has 0 amide bonds. The fourth-order valence-electron chi connectivity index (χ4n) is 1.43. The third-order valence-electron chi connectivity index (χ3n) is 2.18. The minimum atomic E-state index is -0.462. The lowest BCUT2D eigenvalue weighted by Crippen LogP contribution is -2.02. The molecule has 0 saturated heterocycles. The second-order valence-corrected chi connectivity index (χ2v) is 3.29. The zero-order valence-corrected chi connectivity index (χ0v) is 8.99. The van der Waals surface area contributed by atoms with Crippen LogP contribution in [-0.4, -0.2) is 17.6 Å². The molecular weight excluding hydrogens is 202 g/mol. The summed E-state index contributed by atoms with van der Waals surface area (Å²) in [6, 6.07) is 9.63. The first-order valence-corrected chi connectivity index (χ1v) is 5.14. The fraction of sp³-hybridized carbons (Fsp3) is 0.154. The number of carbonyl (C=O) groups is 1. The lowest BCUT2D eigenvalue weighted by atomic mass is 10.1. The second kappa shape index (κ2) is 4.66. The maximum atomic E-state index is 11.5. The number of aromatic amines is 1. The van der Waals surface area contributed by atoms with E-state index in [1.807, 2.05) is 30.3 Å². The van der Waals surface area contributed by atoms with Gasteiger partial charge >= 0.3 is 5.97 Å². The van der Waals surface area contributed by atoms with Crippen molar-refractivity contribution in [2.24, 2.45) is 0 Å². The van der Waals surface area contributed by atoms with Gasteiger partial charge in [0.25, 0.3) is 0 Å². The largest absolute Gasteiger partial charge is 0.462 e. The van der Waals surface area contributed by atoms with Crippen molar-refractivity contribution < 1.29 is 10.9 Å². The van der Waals surface area contributed by atoms with Gasteiger partial charge in [-0.25, -0.2) is 4.79 Å². The molecule has 1 aromatic carbocycles. The van der Waals surface area contributed by atoms with E-state index in [-0.39, 0.29) is 11.6 Å². The normalized spacial score (nSPS) is 10.9. The predicted octanol–water partition coefficient (Wildman–Crippen LogP) is 2.86. The molecule has 1 aromatic heterocycles. The Morgan fingerprint density at radius 1 is 1.44 bits per heavy atom. The first-order valence-electron chi connectivity index (χ1n) is 5.64. The molecular formula is C13H13NO2. The van der Waals surface area contributed by atoms with Crippen LogP contribution in [0.4, 0.5) is 0 Å². The Kier molecular flexibility index (Phi) is 2.68. The van der Waals surface area contributed by atoms with Crippen LogP contribution in [-0.2, 0) is 4.74 Å². The van der Waals surface area contributed by atoms with Crippen LogP contribution in [0.3, 0.4) is 0 Å². The molecule has 0 atom stereocenters. The van der Waals surface area contributed by atoms with Gasteiger partial charge in [0.1, 0.15) is 0 Å². The minimum absolute atomic E-state index is 0.176. The first kappa shape index (κ1) is 9.21. The standard InChI is InChI=1S/C13H13NO2/c1-2-16-13(15)11-8-12(14-9-11)10-6-4-3-5-7-10/h3-9,14H,2H2,1H3/i8D. The highest BCUT2D eigenvalue weighted by Gasteiger charge is 2.09. The van der Waals surface area contributed by atoms with Gasteiger partial charge in [0.15, 0.2) is 0 Å². The Morgan fingerprint density at radius 3 is 2.88 bits per heavy atom. The average Bonchev–Trinajstić information content (AvgIpc) is 2.72. The van der Waals surface area contributed by atoms with Gasteiger partial charge in [-0.15, -0.1) is 0 Å². The van der Waals surface area contributed by atoms with Crippen molar-refractivity contribution >= 4 is 5.97 Å². The smallest absolute Gasteiger partial charge is 0.339 e. The molecule has 0 spiro atoms. The molecule has 2 aromatic rings. The van der Waals surface area contributed by atoms with Gasteiger partial charge in [-0.05, 0) is 18.5 Å². The highest BCUT2D eigenvalue weighted by atomic mass is 16.5. The van der Waals surface area contributed by atoms with E-state index in [0.29, 0.717) is 12.3 Å². The summed E-state index contributed by atoms with van der Waals surface area (Å²) in [5.74, 6) is -0.462. The maximum Gasteiger partial charge on any atom is 0.339 e. The molecule has 16 heavy (non-hydrogen) atoms.